The number of rotatable bonds is 9. The van der Waals surface area contributed by atoms with Crippen LogP contribution in [0.5, 0.6) is 0 Å². The van der Waals surface area contributed by atoms with Gasteiger partial charge in [0.2, 0.25) is 11.8 Å². The van der Waals surface area contributed by atoms with E-state index in [0.29, 0.717) is 11.1 Å². The highest BCUT2D eigenvalue weighted by atomic mass is 16.6. The van der Waals surface area contributed by atoms with E-state index in [0.717, 1.165) is 18.2 Å². The van der Waals surface area contributed by atoms with Crippen LogP contribution >= 0.6 is 0 Å². The Bertz CT molecular complexity index is 1460. The Morgan fingerprint density at radius 3 is 1.65 bits per heavy atom. The molecule has 0 aliphatic rings. The molecular formula is C24H17N5O8. The second kappa shape index (κ2) is 11.6. The number of hydrogen-bond donors (Lipinski definition) is 2. The van der Waals surface area contributed by atoms with E-state index in [1.54, 1.807) is 6.07 Å². The maximum Gasteiger partial charge on any atom is 0.292 e. The molecule has 3 aromatic carbocycles. The topological polar surface area (TPSA) is 188 Å². The van der Waals surface area contributed by atoms with Crippen molar-refractivity contribution >= 4 is 52.4 Å². The van der Waals surface area contributed by atoms with Crippen molar-refractivity contribution in [2.45, 2.75) is 0 Å². The van der Waals surface area contributed by atoms with Crippen LogP contribution in [0.1, 0.15) is 11.1 Å². The highest BCUT2D eigenvalue weighted by Gasteiger charge is 2.16. The Morgan fingerprint density at radius 2 is 1.16 bits per heavy atom. The van der Waals surface area contributed by atoms with Gasteiger partial charge in [-0.1, -0.05) is 24.3 Å². The lowest BCUT2D eigenvalue weighted by molar-refractivity contribution is -0.385. The van der Waals surface area contributed by atoms with Crippen LogP contribution in [0, 0.1) is 30.3 Å². The molecule has 0 aromatic heterocycles. The zero-order valence-electron chi connectivity index (χ0n) is 18.8. The van der Waals surface area contributed by atoms with Gasteiger partial charge >= 0.3 is 0 Å². The SMILES string of the molecule is O=C(C=Cc1cccc([N+](=O)[O-])c1)Nc1ccc([N+](=O)[O-])c(NC(=O)C=Cc2cccc([N+](=O)[O-])c2)c1. The van der Waals surface area contributed by atoms with E-state index in [2.05, 4.69) is 10.6 Å². The van der Waals surface area contributed by atoms with E-state index in [4.69, 9.17) is 0 Å². The third-order valence-corrected chi connectivity index (χ3v) is 4.74. The van der Waals surface area contributed by atoms with Crippen molar-refractivity contribution in [2.24, 2.45) is 0 Å². The predicted molar refractivity (Wildman–Crippen MR) is 135 cm³/mol. The standard InChI is InChI=1S/C24H17N5O8/c30-23(11-7-16-3-1-5-19(13-16)27(32)33)25-18-9-10-22(29(36)37)21(15-18)26-24(31)12-8-17-4-2-6-20(14-17)28(34)35/h1-15H,(H,25,30)(H,26,31). The largest absolute Gasteiger partial charge is 0.322 e. The monoisotopic (exact) mass is 503 g/mol. The van der Waals surface area contributed by atoms with Crippen LogP contribution in [0.4, 0.5) is 28.4 Å². The van der Waals surface area contributed by atoms with Crippen molar-refractivity contribution in [3.8, 4) is 0 Å². The lowest BCUT2D eigenvalue weighted by Gasteiger charge is -2.07. The van der Waals surface area contributed by atoms with Gasteiger partial charge in [-0.2, -0.15) is 0 Å². The van der Waals surface area contributed by atoms with E-state index < -0.39 is 32.3 Å². The summed E-state index contributed by atoms with van der Waals surface area (Å²) in [6.45, 7) is 0. The Morgan fingerprint density at radius 1 is 0.649 bits per heavy atom. The molecule has 0 heterocycles. The average molecular weight is 503 g/mol. The lowest BCUT2D eigenvalue weighted by Crippen LogP contribution is -2.12. The quantitative estimate of drug-likeness (QED) is 0.238. The molecule has 3 aromatic rings. The van der Waals surface area contributed by atoms with Crippen LogP contribution < -0.4 is 10.6 Å². The maximum absolute atomic E-state index is 12.3. The van der Waals surface area contributed by atoms with Gasteiger partial charge in [0, 0.05) is 48.2 Å². The van der Waals surface area contributed by atoms with Crippen molar-refractivity contribution in [3.63, 3.8) is 0 Å². The predicted octanol–water partition coefficient (Wildman–Crippen LogP) is 4.72. The van der Waals surface area contributed by atoms with Gasteiger partial charge in [-0.15, -0.1) is 0 Å². The summed E-state index contributed by atoms with van der Waals surface area (Å²) in [5, 5.41) is 38.0. The fourth-order valence-corrected chi connectivity index (χ4v) is 3.06. The number of nitro benzene ring substituents is 3. The number of nitrogens with zero attached hydrogens (tertiary/aromatic N) is 3. The normalized spacial score (nSPS) is 10.8. The summed E-state index contributed by atoms with van der Waals surface area (Å²) in [6.07, 6.45) is 4.84. The van der Waals surface area contributed by atoms with Crippen molar-refractivity contribution in [2.75, 3.05) is 10.6 Å². The van der Waals surface area contributed by atoms with Gasteiger partial charge in [-0.05, 0) is 35.4 Å². The number of carbonyl (C=O) groups excluding carboxylic acids is 2. The lowest BCUT2D eigenvalue weighted by atomic mass is 10.2. The fourth-order valence-electron chi connectivity index (χ4n) is 3.06. The minimum absolute atomic E-state index is 0.136. The first-order valence-electron chi connectivity index (χ1n) is 10.4. The van der Waals surface area contributed by atoms with E-state index in [9.17, 15) is 39.9 Å². The van der Waals surface area contributed by atoms with Crippen LogP contribution in [0.15, 0.2) is 78.9 Å². The van der Waals surface area contributed by atoms with Crippen LogP contribution in [0.3, 0.4) is 0 Å². The third kappa shape index (κ3) is 7.38. The van der Waals surface area contributed by atoms with Gasteiger partial charge in [0.05, 0.1) is 14.8 Å². The van der Waals surface area contributed by atoms with Crippen molar-refractivity contribution < 1.29 is 24.4 Å². The first-order chi connectivity index (χ1) is 17.6. The van der Waals surface area contributed by atoms with E-state index in [1.807, 2.05) is 0 Å². The number of benzene rings is 3. The van der Waals surface area contributed by atoms with Crippen LogP contribution in [0.25, 0.3) is 12.2 Å². The van der Waals surface area contributed by atoms with E-state index in [1.165, 1.54) is 66.7 Å². The molecule has 0 saturated heterocycles. The molecule has 0 bridgehead atoms. The van der Waals surface area contributed by atoms with E-state index >= 15 is 0 Å². The summed E-state index contributed by atoms with van der Waals surface area (Å²) in [5.41, 5.74) is -0.00962. The van der Waals surface area contributed by atoms with Crippen LogP contribution in [-0.2, 0) is 9.59 Å². The van der Waals surface area contributed by atoms with Gasteiger partial charge < -0.3 is 10.6 Å². The molecule has 2 amide bonds. The molecule has 0 atom stereocenters. The van der Waals surface area contributed by atoms with E-state index in [-0.39, 0.29) is 22.7 Å². The molecule has 3 rings (SSSR count). The fraction of sp³-hybridized carbons (Fsp3) is 0. The molecular weight excluding hydrogens is 486 g/mol. The zero-order valence-corrected chi connectivity index (χ0v) is 18.8. The molecule has 37 heavy (non-hydrogen) atoms. The van der Waals surface area contributed by atoms with Gasteiger partial charge in [0.15, 0.2) is 0 Å². The summed E-state index contributed by atoms with van der Waals surface area (Å²) in [7, 11) is 0. The Hall–Kier alpha value is -5.72. The van der Waals surface area contributed by atoms with Crippen molar-refractivity contribution in [1.82, 2.24) is 0 Å². The van der Waals surface area contributed by atoms with Gasteiger partial charge in [0.25, 0.3) is 17.1 Å². The number of nitrogens with one attached hydrogen (secondary N) is 2. The minimum Gasteiger partial charge on any atom is -0.322 e. The Balaban J connectivity index is 1.73. The number of nitro groups is 3. The highest BCUT2D eigenvalue weighted by Crippen LogP contribution is 2.28. The average Bonchev–Trinajstić information content (AvgIpc) is 2.86. The minimum atomic E-state index is -0.747. The summed E-state index contributed by atoms with van der Waals surface area (Å²) in [4.78, 5) is 55.9. The number of anilines is 2. The number of non-ortho nitro benzene ring substituents is 2. The molecule has 13 heteroatoms. The Labute approximate surface area is 208 Å². The summed E-state index contributed by atoms with van der Waals surface area (Å²) in [5.74, 6) is -1.37. The zero-order chi connectivity index (χ0) is 26.9. The first kappa shape index (κ1) is 25.9. The molecule has 13 nitrogen and oxygen atoms in total. The van der Waals surface area contributed by atoms with Crippen LogP contribution in [-0.4, -0.2) is 26.6 Å². The summed E-state index contributed by atoms with van der Waals surface area (Å²) < 4.78 is 0. The molecule has 0 fully saturated rings. The second-order valence-corrected chi connectivity index (χ2v) is 7.34. The molecule has 0 radical (unpaired) electrons. The third-order valence-electron chi connectivity index (χ3n) is 4.74. The maximum atomic E-state index is 12.3. The van der Waals surface area contributed by atoms with Crippen molar-refractivity contribution in [3.05, 3.63) is 120 Å². The smallest absolute Gasteiger partial charge is 0.292 e. The molecule has 0 spiro atoms. The molecule has 0 saturated carbocycles. The number of carbonyl (C=O) groups is 2. The highest BCUT2D eigenvalue weighted by molar-refractivity contribution is 6.05. The molecule has 186 valence electrons. The Kier molecular flexibility index (Phi) is 8.13. The van der Waals surface area contributed by atoms with Crippen molar-refractivity contribution in [1.29, 1.82) is 0 Å². The molecule has 0 aliphatic carbocycles. The summed E-state index contributed by atoms with van der Waals surface area (Å²) in [6, 6.07) is 14.7. The number of hydrogen-bond acceptors (Lipinski definition) is 8. The van der Waals surface area contributed by atoms with Gasteiger partial charge in [0.1, 0.15) is 5.69 Å². The van der Waals surface area contributed by atoms with Gasteiger partial charge in [-0.25, -0.2) is 0 Å². The summed E-state index contributed by atoms with van der Waals surface area (Å²) >= 11 is 0. The number of amides is 2. The molecule has 0 unspecified atom stereocenters. The molecule has 2 N–H and O–H groups in total. The first-order valence-corrected chi connectivity index (χ1v) is 10.4. The van der Waals surface area contributed by atoms with Crippen LogP contribution in [0.2, 0.25) is 0 Å². The second-order valence-electron chi connectivity index (χ2n) is 7.34. The molecule has 0 aliphatic heterocycles. The van der Waals surface area contributed by atoms with Gasteiger partial charge in [-0.3, -0.25) is 39.9 Å².